The highest BCUT2D eigenvalue weighted by Gasteiger charge is 2.12. The molecular formula is C15H12N4O2. The first-order chi connectivity index (χ1) is 10.1. The Labute approximate surface area is 119 Å². The lowest BCUT2D eigenvalue weighted by molar-refractivity contribution is -0.113. The van der Waals surface area contributed by atoms with Gasteiger partial charge in [-0.1, -0.05) is 24.3 Å². The van der Waals surface area contributed by atoms with Gasteiger partial charge in [0.25, 0.3) is 5.56 Å². The zero-order chi connectivity index (χ0) is 14.8. The average molecular weight is 280 g/mol. The van der Waals surface area contributed by atoms with E-state index in [4.69, 9.17) is 5.73 Å². The number of rotatable bonds is 3. The molecule has 3 rings (SSSR count). The largest absolute Gasteiger partial charge is 0.366 e. The Bertz CT molecular complexity index is 905. The Morgan fingerprint density at radius 1 is 1.14 bits per heavy atom. The molecule has 0 aliphatic carbocycles. The van der Waals surface area contributed by atoms with Gasteiger partial charge in [-0.3, -0.25) is 19.8 Å². The number of nitrogens with zero attached hydrogens (tertiary/aromatic N) is 1. The Morgan fingerprint density at radius 2 is 1.95 bits per heavy atom. The van der Waals surface area contributed by atoms with E-state index in [2.05, 4.69) is 15.2 Å². The normalized spacial score (nSPS) is 11.2. The van der Waals surface area contributed by atoms with Gasteiger partial charge in [0, 0.05) is 11.5 Å². The van der Waals surface area contributed by atoms with Crippen LogP contribution in [0.15, 0.2) is 47.3 Å². The van der Waals surface area contributed by atoms with Gasteiger partial charge >= 0.3 is 0 Å². The van der Waals surface area contributed by atoms with Crippen LogP contribution in [0.25, 0.3) is 28.2 Å². The van der Waals surface area contributed by atoms with Crippen LogP contribution < -0.4 is 11.3 Å². The number of hydrogen-bond donors (Lipinski definition) is 3. The van der Waals surface area contributed by atoms with E-state index < -0.39 is 5.91 Å². The summed E-state index contributed by atoms with van der Waals surface area (Å²) in [4.78, 5) is 27.2. The maximum atomic E-state index is 11.9. The molecular weight excluding hydrogens is 268 g/mol. The zero-order valence-electron chi connectivity index (χ0n) is 11.0. The molecule has 1 aromatic carbocycles. The summed E-state index contributed by atoms with van der Waals surface area (Å²) in [6.45, 7) is 0. The van der Waals surface area contributed by atoms with Crippen molar-refractivity contribution < 1.29 is 4.79 Å². The van der Waals surface area contributed by atoms with Crippen molar-refractivity contribution in [2.75, 3.05) is 0 Å². The highest BCUT2D eigenvalue weighted by molar-refractivity contribution is 5.91. The quantitative estimate of drug-likeness (QED) is 0.632. The number of benzene rings is 1. The van der Waals surface area contributed by atoms with Gasteiger partial charge in [-0.2, -0.15) is 0 Å². The van der Waals surface area contributed by atoms with E-state index >= 15 is 0 Å². The van der Waals surface area contributed by atoms with E-state index in [9.17, 15) is 9.59 Å². The molecule has 0 saturated carbocycles. The summed E-state index contributed by atoms with van der Waals surface area (Å²) in [7, 11) is 0. The second-order valence-corrected chi connectivity index (χ2v) is 4.49. The van der Waals surface area contributed by atoms with E-state index in [1.165, 1.54) is 12.2 Å². The van der Waals surface area contributed by atoms with Crippen molar-refractivity contribution in [1.29, 1.82) is 0 Å². The Hall–Kier alpha value is -3.15. The maximum absolute atomic E-state index is 11.9. The summed E-state index contributed by atoms with van der Waals surface area (Å²) >= 11 is 0. The molecule has 0 bridgehead atoms. The minimum Gasteiger partial charge on any atom is -0.366 e. The SMILES string of the molecule is NC(=O)C=Cc1[nH][nH]c(=O)c1-c1ccc2ccccc2n1. The van der Waals surface area contributed by atoms with Gasteiger partial charge in [-0.25, -0.2) is 4.98 Å². The Morgan fingerprint density at radius 3 is 2.76 bits per heavy atom. The highest BCUT2D eigenvalue weighted by Crippen LogP contribution is 2.21. The number of amides is 1. The molecule has 2 aromatic heterocycles. The van der Waals surface area contributed by atoms with E-state index in [0.717, 1.165) is 10.9 Å². The van der Waals surface area contributed by atoms with Crippen molar-refractivity contribution in [3.8, 4) is 11.3 Å². The van der Waals surface area contributed by atoms with Gasteiger partial charge in [0.15, 0.2) is 0 Å². The number of primary amides is 1. The molecule has 0 spiro atoms. The van der Waals surface area contributed by atoms with Crippen LogP contribution in [-0.2, 0) is 4.79 Å². The van der Waals surface area contributed by atoms with Gasteiger partial charge < -0.3 is 5.73 Å². The van der Waals surface area contributed by atoms with Crippen LogP contribution in [0, 0.1) is 0 Å². The molecule has 0 radical (unpaired) electrons. The summed E-state index contributed by atoms with van der Waals surface area (Å²) in [6, 6.07) is 11.3. The number of fused-ring (bicyclic) bond motifs is 1. The number of carbonyl (C=O) groups is 1. The number of pyridine rings is 1. The molecule has 4 N–H and O–H groups in total. The fourth-order valence-corrected chi connectivity index (χ4v) is 2.12. The molecule has 104 valence electrons. The standard InChI is InChI=1S/C15H12N4O2/c16-13(20)8-7-12-14(15(21)19-18-12)11-6-5-9-3-1-2-4-10(9)17-11/h1-8H,(H2,16,20)(H2,18,19,21). The van der Waals surface area contributed by atoms with Crippen LogP contribution in [0.1, 0.15) is 5.69 Å². The van der Waals surface area contributed by atoms with Crippen LogP contribution in [0.4, 0.5) is 0 Å². The fourth-order valence-electron chi connectivity index (χ4n) is 2.12. The molecule has 3 aromatic rings. The second-order valence-electron chi connectivity index (χ2n) is 4.49. The lowest BCUT2D eigenvalue weighted by Crippen LogP contribution is -2.05. The number of aromatic amines is 2. The summed E-state index contributed by atoms with van der Waals surface area (Å²) in [5, 5.41) is 6.18. The summed E-state index contributed by atoms with van der Waals surface area (Å²) in [5.74, 6) is -0.588. The van der Waals surface area contributed by atoms with Crippen LogP contribution >= 0.6 is 0 Å². The smallest absolute Gasteiger partial charge is 0.273 e. The molecule has 0 aliphatic heterocycles. The van der Waals surface area contributed by atoms with E-state index in [0.29, 0.717) is 17.0 Å². The van der Waals surface area contributed by atoms with Crippen molar-refractivity contribution in [3.05, 3.63) is 58.5 Å². The van der Waals surface area contributed by atoms with Crippen molar-refractivity contribution in [1.82, 2.24) is 15.2 Å². The van der Waals surface area contributed by atoms with E-state index in [-0.39, 0.29) is 5.56 Å². The molecule has 6 heteroatoms. The Kier molecular flexibility index (Phi) is 3.12. The van der Waals surface area contributed by atoms with Gasteiger partial charge in [0.1, 0.15) is 0 Å². The van der Waals surface area contributed by atoms with E-state index in [1.54, 1.807) is 6.07 Å². The maximum Gasteiger partial charge on any atom is 0.273 e. The number of H-pyrrole nitrogens is 2. The van der Waals surface area contributed by atoms with Crippen LogP contribution in [0.2, 0.25) is 0 Å². The minimum atomic E-state index is -0.588. The highest BCUT2D eigenvalue weighted by atomic mass is 16.1. The number of aromatic nitrogens is 3. The van der Waals surface area contributed by atoms with Crippen molar-refractivity contribution in [2.24, 2.45) is 5.73 Å². The predicted molar refractivity (Wildman–Crippen MR) is 80.4 cm³/mol. The second kappa shape index (κ2) is 5.09. The first-order valence-corrected chi connectivity index (χ1v) is 6.29. The summed E-state index contributed by atoms with van der Waals surface area (Å²) in [6.07, 6.45) is 2.64. The number of hydrogen-bond acceptors (Lipinski definition) is 3. The molecule has 0 atom stereocenters. The molecule has 1 amide bonds. The number of nitrogens with one attached hydrogen (secondary N) is 2. The third-order valence-corrected chi connectivity index (χ3v) is 3.08. The number of para-hydroxylation sites is 1. The third-order valence-electron chi connectivity index (χ3n) is 3.08. The van der Waals surface area contributed by atoms with E-state index in [1.807, 2.05) is 30.3 Å². The minimum absolute atomic E-state index is 0.304. The average Bonchev–Trinajstić information content (AvgIpc) is 2.85. The predicted octanol–water partition coefficient (Wildman–Crippen LogP) is 1.42. The van der Waals surface area contributed by atoms with Gasteiger partial charge in [-0.15, -0.1) is 0 Å². The third kappa shape index (κ3) is 2.46. The van der Waals surface area contributed by atoms with Crippen LogP contribution in [0.3, 0.4) is 0 Å². The van der Waals surface area contributed by atoms with Gasteiger partial charge in [0.05, 0.1) is 22.5 Å². The fraction of sp³-hybridized carbons (Fsp3) is 0. The molecule has 0 saturated heterocycles. The lowest BCUT2D eigenvalue weighted by atomic mass is 10.1. The van der Waals surface area contributed by atoms with Crippen molar-refractivity contribution in [2.45, 2.75) is 0 Å². The first-order valence-electron chi connectivity index (χ1n) is 6.29. The number of carbonyl (C=O) groups excluding carboxylic acids is 1. The van der Waals surface area contributed by atoms with Crippen molar-refractivity contribution in [3.63, 3.8) is 0 Å². The Balaban J connectivity index is 2.16. The van der Waals surface area contributed by atoms with Crippen LogP contribution in [-0.4, -0.2) is 21.1 Å². The lowest BCUT2D eigenvalue weighted by Gasteiger charge is -2.01. The molecule has 21 heavy (non-hydrogen) atoms. The van der Waals surface area contributed by atoms with Crippen molar-refractivity contribution >= 4 is 22.9 Å². The van der Waals surface area contributed by atoms with Crippen LogP contribution in [0.5, 0.6) is 0 Å². The molecule has 0 unspecified atom stereocenters. The molecule has 6 nitrogen and oxygen atoms in total. The molecule has 0 fully saturated rings. The summed E-state index contributed by atoms with van der Waals surface area (Å²) < 4.78 is 0. The summed E-state index contributed by atoms with van der Waals surface area (Å²) in [5.41, 5.74) is 6.92. The zero-order valence-corrected chi connectivity index (χ0v) is 11.0. The van der Waals surface area contributed by atoms with Gasteiger partial charge in [0.2, 0.25) is 5.91 Å². The monoisotopic (exact) mass is 280 g/mol. The first kappa shape index (κ1) is 12.9. The number of nitrogens with two attached hydrogens (primary N) is 1. The molecule has 0 aliphatic rings. The molecule has 2 heterocycles. The van der Waals surface area contributed by atoms with Gasteiger partial charge in [-0.05, 0) is 18.2 Å². The topological polar surface area (TPSA) is 105 Å².